The molecule has 0 aliphatic heterocycles. The van der Waals surface area contributed by atoms with Crippen molar-refractivity contribution in [3.63, 3.8) is 0 Å². The molecule has 1 unspecified atom stereocenters. The van der Waals surface area contributed by atoms with Gasteiger partial charge in [-0.05, 0) is 30.5 Å². The van der Waals surface area contributed by atoms with Gasteiger partial charge < -0.3 is 10.4 Å². The maximum absolute atomic E-state index is 10.7. The minimum Gasteiger partial charge on any atom is -0.478 e. The molecule has 0 heterocycles. The van der Waals surface area contributed by atoms with Crippen LogP contribution in [0.1, 0.15) is 35.7 Å². The zero-order valence-electron chi connectivity index (χ0n) is 10.1. The SMILES string of the molecule is C=CCC(CC)NCc1ccc(C(=O)O)cc1. The van der Waals surface area contributed by atoms with E-state index in [0.29, 0.717) is 11.6 Å². The molecule has 1 atom stereocenters. The van der Waals surface area contributed by atoms with Crippen molar-refractivity contribution >= 4 is 5.97 Å². The maximum Gasteiger partial charge on any atom is 0.335 e. The Bertz CT molecular complexity index is 370. The molecule has 1 aromatic rings. The molecule has 0 saturated carbocycles. The Kier molecular flexibility index (Phi) is 5.43. The van der Waals surface area contributed by atoms with Crippen LogP contribution < -0.4 is 5.32 Å². The zero-order valence-corrected chi connectivity index (χ0v) is 10.1. The molecule has 0 aliphatic rings. The number of carboxylic acids is 1. The van der Waals surface area contributed by atoms with E-state index in [4.69, 9.17) is 5.11 Å². The van der Waals surface area contributed by atoms with Crippen LogP contribution in [0.15, 0.2) is 36.9 Å². The van der Waals surface area contributed by atoms with E-state index in [1.807, 2.05) is 18.2 Å². The van der Waals surface area contributed by atoms with Crippen LogP contribution in [-0.2, 0) is 6.54 Å². The number of rotatable bonds is 7. The van der Waals surface area contributed by atoms with Gasteiger partial charge in [0.1, 0.15) is 0 Å². The van der Waals surface area contributed by atoms with E-state index in [-0.39, 0.29) is 0 Å². The third kappa shape index (κ3) is 4.41. The van der Waals surface area contributed by atoms with Gasteiger partial charge >= 0.3 is 5.97 Å². The molecule has 0 radical (unpaired) electrons. The molecule has 0 saturated heterocycles. The van der Waals surface area contributed by atoms with Crippen molar-refractivity contribution in [3.8, 4) is 0 Å². The Morgan fingerprint density at radius 2 is 2.12 bits per heavy atom. The second kappa shape index (κ2) is 6.86. The number of benzene rings is 1. The van der Waals surface area contributed by atoms with Gasteiger partial charge in [-0.15, -0.1) is 6.58 Å². The van der Waals surface area contributed by atoms with Crippen LogP contribution in [-0.4, -0.2) is 17.1 Å². The summed E-state index contributed by atoms with van der Waals surface area (Å²) >= 11 is 0. The van der Waals surface area contributed by atoms with Gasteiger partial charge in [0.25, 0.3) is 0 Å². The van der Waals surface area contributed by atoms with Crippen LogP contribution in [0.5, 0.6) is 0 Å². The first kappa shape index (κ1) is 13.5. The van der Waals surface area contributed by atoms with Crippen molar-refractivity contribution in [3.05, 3.63) is 48.0 Å². The highest BCUT2D eigenvalue weighted by molar-refractivity contribution is 5.87. The lowest BCUT2D eigenvalue weighted by atomic mass is 10.1. The standard InChI is InChI=1S/C14H19NO2/c1-3-5-13(4-2)15-10-11-6-8-12(9-7-11)14(16)17/h3,6-9,13,15H,1,4-5,10H2,2H3,(H,16,17). The van der Waals surface area contributed by atoms with Gasteiger partial charge in [0.05, 0.1) is 5.56 Å². The number of aromatic carboxylic acids is 1. The molecule has 92 valence electrons. The highest BCUT2D eigenvalue weighted by Crippen LogP contribution is 2.06. The molecule has 0 fully saturated rings. The fourth-order valence-electron chi connectivity index (χ4n) is 1.62. The number of hydrogen-bond acceptors (Lipinski definition) is 2. The predicted octanol–water partition coefficient (Wildman–Crippen LogP) is 2.83. The quantitative estimate of drug-likeness (QED) is 0.712. The molecule has 3 heteroatoms. The van der Waals surface area contributed by atoms with Gasteiger partial charge in [-0.25, -0.2) is 4.79 Å². The Morgan fingerprint density at radius 1 is 1.47 bits per heavy atom. The molecule has 1 aromatic carbocycles. The largest absolute Gasteiger partial charge is 0.478 e. The topological polar surface area (TPSA) is 49.3 Å². The Balaban J connectivity index is 2.51. The normalized spacial score (nSPS) is 12.1. The van der Waals surface area contributed by atoms with Crippen molar-refractivity contribution in [2.45, 2.75) is 32.4 Å². The van der Waals surface area contributed by atoms with E-state index in [1.165, 1.54) is 0 Å². The Labute approximate surface area is 102 Å². The fraction of sp³-hybridized carbons (Fsp3) is 0.357. The van der Waals surface area contributed by atoms with Crippen molar-refractivity contribution in [2.75, 3.05) is 0 Å². The first-order chi connectivity index (χ1) is 8.17. The van der Waals surface area contributed by atoms with E-state index >= 15 is 0 Å². The van der Waals surface area contributed by atoms with E-state index < -0.39 is 5.97 Å². The minimum absolute atomic E-state index is 0.326. The van der Waals surface area contributed by atoms with Crippen molar-refractivity contribution in [1.29, 1.82) is 0 Å². The first-order valence-electron chi connectivity index (χ1n) is 5.83. The van der Waals surface area contributed by atoms with Gasteiger partial charge in [-0.1, -0.05) is 25.1 Å². The van der Waals surface area contributed by atoms with Gasteiger partial charge in [-0.3, -0.25) is 0 Å². The average Bonchev–Trinajstić information content (AvgIpc) is 2.35. The summed E-state index contributed by atoms with van der Waals surface area (Å²) in [5.74, 6) is -0.886. The molecule has 1 rings (SSSR count). The number of nitrogens with one attached hydrogen (secondary N) is 1. The summed E-state index contributed by atoms with van der Waals surface area (Å²) in [6.07, 6.45) is 3.91. The molecule has 0 bridgehead atoms. The molecule has 0 aromatic heterocycles. The van der Waals surface area contributed by atoms with Gasteiger partial charge in [0, 0.05) is 12.6 Å². The fourth-order valence-corrected chi connectivity index (χ4v) is 1.62. The van der Waals surface area contributed by atoms with E-state index in [9.17, 15) is 4.79 Å². The lowest BCUT2D eigenvalue weighted by molar-refractivity contribution is 0.0697. The van der Waals surface area contributed by atoms with Crippen molar-refractivity contribution in [1.82, 2.24) is 5.32 Å². The molecule has 3 nitrogen and oxygen atoms in total. The Morgan fingerprint density at radius 3 is 2.59 bits per heavy atom. The average molecular weight is 233 g/mol. The summed E-state index contributed by atoms with van der Waals surface area (Å²) in [5.41, 5.74) is 1.42. The van der Waals surface area contributed by atoms with Crippen molar-refractivity contribution < 1.29 is 9.90 Å². The minimum atomic E-state index is -0.886. The van der Waals surface area contributed by atoms with Gasteiger partial charge in [0.15, 0.2) is 0 Å². The molecule has 17 heavy (non-hydrogen) atoms. The van der Waals surface area contributed by atoms with E-state index in [0.717, 1.165) is 24.9 Å². The van der Waals surface area contributed by atoms with Gasteiger partial charge in [-0.2, -0.15) is 0 Å². The second-order valence-electron chi connectivity index (χ2n) is 4.01. The summed E-state index contributed by atoms with van der Waals surface area (Å²) in [4.78, 5) is 10.7. The van der Waals surface area contributed by atoms with Gasteiger partial charge in [0.2, 0.25) is 0 Å². The maximum atomic E-state index is 10.7. The number of carbonyl (C=O) groups is 1. The van der Waals surface area contributed by atoms with Crippen LogP contribution >= 0.6 is 0 Å². The smallest absolute Gasteiger partial charge is 0.335 e. The predicted molar refractivity (Wildman–Crippen MR) is 69.1 cm³/mol. The van der Waals surface area contributed by atoms with E-state index in [1.54, 1.807) is 12.1 Å². The zero-order chi connectivity index (χ0) is 12.7. The highest BCUT2D eigenvalue weighted by Gasteiger charge is 2.04. The first-order valence-corrected chi connectivity index (χ1v) is 5.83. The third-order valence-corrected chi connectivity index (χ3v) is 2.74. The summed E-state index contributed by atoms with van der Waals surface area (Å²) < 4.78 is 0. The van der Waals surface area contributed by atoms with Crippen LogP contribution in [0.2, 0.25) is 0 Å². The summed E-state index contributed by atoms with van der Waals surface area (Å²) in [6, 6.07) is 7.39. The summed E-state index contributed by atoms with van der Waals surface area (Å²) in [6.45, 7) is 6.62. The number of carboxylic acid groups (broad SMARTS) is 1. The Hall–Kier alpha value is -1.61. The molecule has 2 N–H and O–H groups in total. The third-order valence-electron chi connectivity index (χ3n) is 2.74. The van der Waals surface area contributed by atoms with Crippen LogP contribution in [0.25, 0.3) is 0 Å². The van der Waals surface area contributed by atoms with Crippen LogP contribution in [0.3, 0.4) is 0 Å². The van der Waals surface area contributed by atoms with Crippen LogP contribution in [0.4, 0.5) is 0 Å². The molecule has 0 aliphatic carbocycles. The summed E-state index contributed by atoms with van der Waals surface area (Å²) in [5, 5.41) is 12.2. The number of hydrogen-bond donors (Lipinski definition) is 2. The molecular weight excluding hydrogens is 214 g/mol. The highest BCUT2D eigenvalue weighted by atomic mass is 16.4. The molecule has 0 amide bonds. The van der Waals surface area contributed by atoms with Crippen molar-refractivity contribution in [2.24, 2.45) is 0 Å². The lowest BCUT2D eigenvalue weighted by Crippen LogP contribution is -2.27. The monoisotopic (exact) mass is 233 g/mol. The van der Waals surface area contributed by atoms with Crippen LogP contribution in [0, 0.1) is 0 Å². The molecular formula is C14H19NO2. The van der Waals surface area contributed by atoms with E-state index in [2.05, 4.69) is 18.8 Å². The molecule has 0 spiro atoms. The second-order valence-corrected chi connectivity index (χ2v) is 4.01. The summed E-state index contributed by atoms with van der Waals surface area (Å²) in [7, 11) is 0. The lowest BCUT2D eigenvalue weighted by Gasteiger charge is -2.14.